The fourth-order valence-electron chi connectivity index (χ4n) is 1.99. The number of halogens is 3. The number of aliphatic hydroxyl groups is 1. The van der Waals surface area contributed by atoms with Gasteiger partial charge in [0, 0.05) is 18.6 Å². The summed E-state index contributed by atoms with van der Waals surface area (Å²) in [7, 11) is 0. The summed E-state index contributed by atoms with van der Waals surface area (Å²) < 4.78 is 37.0. The first kappa shape index (κ1) is 15.7. The van der Waals surface area contributed by atoms with Gasteiger partial charge in [0.1, 0.15) is 0 Å². The minimum absolute atomic E-state index is 0.0114. The van der Waals surface area contributed by atoms with Crippen LogP contribution in [0.5, 0.6) is 0 Å². The molecule has 18 heavy (non-hydrogen) atoms. The zero-order chi connectivity index (χ0) is 13.6. The van der Waals surface area contributed by atoms with Gasteiger partial charge in [0.05, 0.1) is 13.2 Å². The van der Waals surface area contributed by atoms with E-state index in [1.165, 1.54) is 4.90 Å². The van der Waals surface area contributed by atoms with Gasteiger partial charge >= 0.3 is 6.18 Å². The summed E-state index contributed by atoms with van der Waals surface area (Å²) in [6, 6.07) is 0.384. The molecule has 1 fully saturated rings. The zero-order valence-electron chi connectivity index (χ0n) is 10.8. The van der Waals surface area contributed by atoms with E-state index in [1.807, 2.05) is 6.92 Å². The van der Waals surface area contributed by atoms with Crippen LogP contribution in [0.4, 0.5) is 13.2 Å². The van der Waals surface area contributed by atoms with Crippen molar-refractivity contribution < 1.29 is 18.3 Å². The topological polar surface area (TPSA) is 35.5 Å². The lowest BCUT2D eigenvalue weighted by atomic mass is 10.2. The molecule has 0 aromatic carbocycles. The first-order valence-electron chi connectivity index (χ1n) is 6.60. The molecular formula is C12H23F3N2O. The molecule has 1 saturated carbocycles. The van der Waals surface area contributed by atoms with E-state index in [0.717, 1.165) is 12.8 Å². The Bertz CT molecular complexity index is 232. The zero-order valence-corrected chi connectivity index (χ0v) is 10.8. The molecule has 1 rings (SSSR count). The van der Waals surface area contributed by atoms with Crippen molar-refractivity contribution in [3.05, 3.63) is 0 Å². The van der Waals surface area contributed by atoms with E-state index in [-0.39, 0.29) is 12.6 Å². The third-order valence-corrected chi connectivity index (χ3v) is 3.01. The number of nitrogens with zero attached hydrogens (tertiary/aromatic N) is 1. The summed E-state index contributed by atoms with van der Waals surface area (Å²) in [6.45, 7) is 1.82. The molecular weight excluding hydrogens is 245 g/mol. The van der Waals surface area contributed by atoms with E-state index in [1.54, 1.807) is 0 Å². The second-order valence-electron chi connectivity index (χ2n) is 5.00. The van der Waals surface area contributed by atoms with Crippen molar-refractivity contribution in [2.24, 2.45) is 0 Å². The van der Waals surface area contributed by atoms with Crippen molar-refractivity contribution in [2.45, 2.75) is 50.9 Å². The number of hydrogen-bond acceptors (Lipinski definition) is 3. The van der Waals surface area contributed by atoms with Gasteiger partial charge in [-0.2, -0.15) is 13.2 Å². The Balaban J connectivity index is 2.29. The van der Waals surface area contributed by atoms with Crippen molar-refractivity contribution in [1.82, 2.24) is 10.2 Å². The van der Waals surface area contributed by atoms with E-state index in [4.69, 9.17) is 0 Å². The molecule has 1 atom stereocenters. The van der Waals surface area contributed by atoms with Crippen molar-refractivity contribution >= 4 is 0 Å². The molecule has 108 valence electrons. The lowest BCUT2D eigenvalue weighted by Crippen LogP contribution is -2.41. The van der Waals surface area contributed by atoms with E-state index in [0.29, 0.717) is 32.0 Å². The van der Waals surface area contributed by atoms with Crippen LogP contribution in [0, 0.1) is 0 Å². The molecule has 0 amide bonds. The molecule has 0 spiro atoms. The van der Waals surface area contributed by atoms with Gasteiger partial charge in [-0.1, -0.05) is 6.92 Å². The maximum Gasteiger partial charge on any atom is 0.401 e. The Morgan fingerprint density at radius 2 is 2.00 bits per heavy atom. The molecule has 0 aromatic heterocycles. The second-order valence-corrected chi connectivity index (χ2v) is 5.00. The van der Waals surface area contributed by atoms with Crippen LogP contribution in [-0.4, -0.2) is 54.5 Å². The van der Waals surface area contributed by atoms with Crippen LogP contribution in [0.2, 0.25) is 0 Å². The first-order valence-corrected chi connectivity index (χ1v) is 6.60. The molecule has 0 heterocycles. The first-order chi connectivity index (χ1) is 8.44. The van der Waals surface area contributed by atoms with Crippen LogP contribution < -0.4 is 5.32 Å². The molecule has 1 aliphatic rings. The Kier molecular flexibility index (Phi) is 6.38. The maximum absolute atomic E-state index is 12.3. The minimum Gasteiger partial charge on any atom is -0.395 e. The van der Waals surface area contributed by atoms with Gasteiger partial charge in [0.15, 0.2) is 0 Å². The molecule has 0 radical (unpaired) electrons. The summed E-state index contributed by atoms with van der Waals surface area (Å²) in [6.07, 6.45) is -0.664. The van der Waals surface area contributed by atoms with Crippen LogP contribution in [0.3, 0.4) is 0 Å². The maximum atomic E-state index is 12.3. The van der Waals surface area contributed by atoms with Gasteiger partial charge in [0.2, 0.25) is 0 Å². The van der Waals surface area contributed by atoms with Crippen molar-refractivity contribution in [3.63, 3.8) is 0 Å². The van der Waals surface area contributed by atoms with Gasteiger partial charge in [-0.25, -0.2) is 0 Å². The largest absolute Gasteiger partial charge is 0.401 e. The van der Waals surface area contributed by atoms with Crippen LogP contribution >= 0.6 is 0 Å². The summed E-state index contributed by atoms with van der Waals surface area (Å²) in [5.74, 6) is 0. The van der Waals surface area contributed by atoms with Gasteiger partial charge in [-0.05, 0) is 32.2 Å². The predicted molar refractivity (Wildman–Crippen MR) is 64.4 cm³/mol. The number of hydrogen-bond donors (Lipinski definition) is 2. The fraction of sp³-hybridized carbons (Fsp3) is 1.00. The Morgan fingerprint density at radius 1 is 1.33 bits per heavy atom. The van der Waals surface area contributed by atoms with Gasteiger partial charge < -0.3 is 10.4 Å². The minimum atomic E-state index is -4.15. The molecule has 0 aromatic rings. The monoisotopic (exact) mass is 268 g/mol. The Morgan fingerprint density at radius 3 is 2.44 bits per heavy atom. The highest BCUT2D eigenvalue weighted by atomic mass is 19.4. The molecule has 6 heteroatoms. The Labute approximate surface area is 106 Å². The lowest BCUT2D eigenvalue weighted by Gasteiger charge is -2.25. The highest BCUT2D eigenvalue weighted by molar-refractivity contribution is 4.85. The number of alkyl halides is 3. The van der Waals surface area contributed by atoms with Crippen molar-refractivity contribution in [3.8, 4) is 0 Å². The van der Waals surface area contributed by atoms with E-state index in [9.17, 15) is 18.3 Å². The molecule has 0 saturated heterocycles. The smallest absolute Gasteiger partial charge is 0.395 e. The summed E-state index contributed by atoms with van der Waals surface area (Å²) in [5, 5.41) is 12.4. The van der Waals surface area contributed by atoms with E-state index in [2.05, 4.69) is 5.32 Å². The fourth-order valence-corrected chi connectivity index (χ4v) is 1.99. The van der Waals surface area contributed by atoms with Gasteiger partial charge in [0.25, 0.3) is 0 Å². The standard InChI is InChI=1S/C12H23F3N2O/c1-2-6-17(9-12(13,14)15)7-5-11(8-18)16-10-3-4-10/h10-11,16,18H,2-9H2,1H3. The highest BCUT2D eigenvalue weighted by Crippen LogP contribution is 2.20. The second kappa shape index (κ2) is 7.31. The molecule has 0 aliphatic heterocycles. The third kappa shape index (κ3) is 7.18. The summed E-state index contributed by atoms with van der Waals surface area (Å²) in [5.41, 5.74) is 0. The van der Waals surface area contributed by atoms with E-state index < -0.39 is 12.7 Å². The quantitative estimate of drug-likeness (QED) is 0.669. The van der Waals surface area contributed by atoms with Crippen LogP contribution in [0.1, 0.15) is 32.6 Å². The summed E-state index contributed by atoms with van der Waals surface area (Å²) in [4.78, 5) is 1.41. The Hall–Kier alpha value is -0.330. The SMILES string of the molecule is CCCN(CCC(CO)NC1CC1)CC(F)(F)F. The molecule has 2 N–H and O–H groups in total. The highest BCUT2D eigenvalue weighted by Gasteiger charge is 2.31. The molecule has 1 unspecified atom stereocenters. The number of nitrogens with one attached hydrogen (secondary N) is 1. The van der Waals surface area contributed by atoms with Gasteiger partial charge in [-0.15, -0.1) is 0 Å². The normalized spacial score (nSPS) is 18.3. The molecule has 1 aliphatic carbocycles. The molecule has 0 bridgehead atoms. The van der Waals surface area contributed by atoms with Gasteiger partial charge in [-0.3, -0.25) is 4.90 Å². The lowest BCUT2D eigenvalue weighted by molar-refractivity contribution is -0.146. The summed E-state index contributed by atoms with van der Waals surface area (Å²) >= 11 is 0. The predicted octanol–water partition coefficient (Wildman–Crippen LogP) is 1.76. The molecule has 3 nitrogen and oxygen atoms in total. The number of aliphatic hydroxyl groups excluding tert-OH is 1. The third-order valence-electron chi connectivity index (χ3n) is 3.01. The van der Waals surface area contributed by atoms with Crippen molar-refractivity contribution in [1.29, 1.82) is 0 Å². The van der Waals surface area contributed by atoms with E-state index >= 15 is 0 Å². The number of rotatable bonds is 9. The average Bonchev–Trinajstić information content (AvgIpc) is 3.05. The van der Waals surface area contributed by atoms with Crippen LogP contribution in [-0.2, 0) is 0 Å². The van der Waals surface area contributed by atoms with Crippen LogP contribution in [0.25, 0.3) is 0 Å². The average molecular weight is 268 g/mol. The van der Waals surface area contributed by atoms with Crippen molar-refractivity contribution in [2.75, 3.05) is 26.2 Å². The van der Waals surface area contributed by atoms with Crippen LogP contribution in [0.15, 0.2) is 0 Å².